The highest BCUT2D eigenvalue weighted by atomic mass is 35.5. The fourth-order valence-corrected chi connectivity index (χ4v) is 6.58. The lowest BCUT2D eigenvalue weighted by atomic mass is 9.78. The molecule has 3 aliphatic rings. The molecule has 11 heteroatoms. The first-order valence-corrected chi connectivity index (χ1v) is 15.6. The van der Waals surface area contributed by atoms with Crippen molar-refractivity contribution < 1.29 is 32.9 Å². The molecule has 44 heavy (non-hydrogen) atoms. The van der Waals surface area contributed by atoms with Crippen molar-refractivity contribution in [1.82, 2.24) is 9.88 Å². The Morgan fingerprint density at radius 2 is 1.86 bits per heavy atom. The number of alkyl halides is 3. The van der Waals surface area contributed by atoms with Crippen molar-refractivity contribution in [2.75, 3.05) is 18.0 Å². The Morgan fingerprint density at radius 1 is 1.14 bits per heavy atom. The third kappa shape index (κ3) is 7.14. The smallest absolute Gasteiger partial charge is 0.416 e. The molecule has 2 N–H and O–H groups in total. The summed E-state index contributed by atoms with van der Waals surface area (Å²) in [7, 11) is 0. The number of rotatable bonds is 9. The Kier molecular flexibility index (Phi) is 10.0. The van der Waals surface area contributed by atoms with Gasteiger partial charge in [0.05, 0.1) is 23.3 Å². The highest BCUT2D eigenvalue weighted by Gasteiger charge is 2.40. The van der Waals surface area contributed by atoms with Crippen molar-refractivity contribution in [3.05, 3.63) is 70.4 Å². The van der Waals surface area contributed by atoms with Crippen molar-refractivity contribution in [2.24, 2.45) is 5.92 Å². The van der Waals surface area contributed by atoms with Gasteiger partial charge in [-0.15, -0.1) is 0 Å². The van der Waals surface area contributed by atoms with E-state index in [1.54, 1.807) is 4.90 Å². The van der Waals surface area contributed by atoms with Crippen LogP contribution in [0.25, 0.3) is 11.1 Å². The van der Waals surface area contributed by atoms with E-state index < -0.39 is 36.3 Å². The molecule has 2 aromatic rings. The second-order valence-electron chi connectivity index (χ2n) is 11.9. The second kappa shape index (κ2) is 13.6. The Bertz CT molecular complexity index is 1400. The van der Waals surface area contributed by atoms with E-state index in [4.69, 9.17) is 21.3 Å². The van der Waals surface area contributed by atoms with E-state index in [0.717, 1.165) is 67.0 Å². The minimum Gasteiger partial charge on any atom is -0.481 e. The summed E-state index contributed by atoms with van der Waals surface area (Å²) in [6.07, 6.45) is 0.945. The Labute approximate surface area is 261 Å². The maximum absolute atomic E-state index is 13.4. The van der Waals surface area contributed by atoms with Crippen molar-refractivity contribution in [3.8, 4) is 11.1 Å². The number of aliphatic carboxylic acids is 1. The number of carbonyl (C=O) groups is 1. The number of pyridine rings is 1. The zero-order valence-corrected chi connectivity index (χ0v) is 25.7. The third-order valence-corrected chi connectivity index (χ3v) is 9.51. The molecular weight excluding hydrogens is 595 g/mol. The van der Waals surface area contributed by atoms with Gasteiger partial charge >= 0.3 is 12.1 Å². The molecule has 2 aliphatic heterocycles. The average Bonchev–Trinajstić information content (AvgIpc) is 3.22. The molecule has 5 rings (SSSR count). The number of allylic oxidation sites excluding steroid dienone is 3. The topological polar surface area (TPSA) is 86.1 Å². The quantitative estimate of drug-likeness (QED) is 0.281. The molecule has 3 fully saturated rings. The molecule has 1 aromatic carbocycles. The molecule has 1 aromatic heterocycles. The molecule has 7 nitrogen and oxygen atoms in total. The summed E-state index contributed by atoms with van der Waals surface area (Å²) in [6, 6.07) is 9.49. The number of benzene rings is 1. The van der Waals surface area contributed by atoms with E-state index in [-0.39, 0.29) is 24.8 Å². The maximum Gasteiger partial charge on any atom is 0.416 e. The third-order valence-electron chi connectivity index (χ3n) is 9.19. The van der Waals surface area contributed by atoms with E-state index in [2.05, 4.69) is 11.0 Å². The zero-order valence-electron chi connectivity index (χ0n) is 24.9. The molecule has 0 spiro atoms. The molecule has 3 unspecified atom stereocenters. The number of hydrogen-bond donors (Lipinski definition) is 2. The van der Waals surface area contributed by atoms with Crippen LogP contribution in [0, 0.1) is 5.92 Å². The lowest BCUT2D eigenvalue weighted by molar-refractivity contribution is -0.152. The molecule has 1 aliphatic carbocycles. The molecule has 0 bridgehead atoms. The molecule has 3 heterocycles. The number of anilines is 1. The van der Waals surface area contributed by atoms with Gasteiger partial charge in [-0.25, -0.2) is 9.88 Å². The van der Waals surface area contributed by atoms with Crippen LogP contribution in [0.4, 0.5) is 19.0 Å². The van der Waals surface area contributed by atoms with E-state index in [9.17, 15) is 28.2 Å². The number of hydrogen-bond acceptors (Lipinski definition) is 6. The lowest BCUT2D eigenvalue weighted by Gasteiger charge is -2.33. The Balaban J connectivity index is 1.42. The number of aliphatic hydroxyl groups is 1. The van der Waals surface area contributed by atoms with Crippen molar-refractivity contribution in [2.45, 2.75) is 89.6 Å². The fraction of sp³-hybridized carbons (Fsp3) is 0.515. The number of aliphatic hydroxyl groups excluding tert-OH is 1. The van der Waals surface area contributed by atoms with E-state index in [0.29, 0.717) is 23.6 Å². The number of halogens is 4. The minimum atomic E-state index is -4.48. The second-order valence-corrected chi connectivity index (χ2v) is 12.3. The molecule has 3 atom stereocenters. The zero-order chi connectivity index (χ0) is 31.6. The van der Waals surface area contributed by atoms with Gasteiger partial charge in [0.2, 0.25) is 6.41 Å². The lowest BCUT2D eigenvalue weighted by Crippen LogP contribution is -2.39. The Hall–Kier alpha value is -2.92. The van der Waals surface area contributed by atoms with Gasteiger partial charge in [-0.3, -0.25) is 4.79 Å². The summed E-state index contributed by atoms with van der Waals surface area (Å²) in [4.78, 5) is 20.3. The van der Waals surface area contributed by atoms with Gasteiger partial charge in [0.25, 0.3) is 0 Å². The maximum atomic E-state index is 13.4. The number of aromatic nitrogens is 1. The molecule has 2 saturated heterocycles. The van der Waals surface area contributed by atoms with Crippen LogP contribution < -0.4 is 4.90 Å². The van der Waals surface area contributed by atoms with Crippen LogP contribution in [-0.2, 0) is 16.1 Å². The van der Waals surface area contributed by atoms with Gasteiger partial charge in [-0.1, -0.05) is 35.9 Å². The van der Waals surface area contributed by atoms with Crippen LogP contribution in [0.2, 0.25) is 5.02 Å². The van der Waals surface area contributed by atoms with Crippen LogP contribution in [0.5, 0.6) is 0 Å². The average molecular weight is 634 g/mol. The molecule has 0 radical (unpaired) electrons. The van der Waals surface area contributed by atoms with Crippen LogP contribution in [0.1, 0.15) is 69.5 Å². The summed E-state index contributed by atoms with van der Waals surface area (Å²) in [5.41, 5.74) is 2.62. The van der Waals surface area contributed by atoms with Gasteiger partial charge in [-0.2, -0.15) is 13.2 Å². The van der Waals surface area contributed by atoms with Gasteiger partial charge in [0.1, 0.15) is 5.82 Å². The van der Waals surface area contributed by atoms with E-state index in [1.807, 2.05) is 31.2 Å². The standard InChI is InChI=1S/C33H39ClF3N3O4/c1-3-5-24(33(35,36)37)11-14-29-20(2)40(32(43)44-29)19-28-25(12-15-30(38-28)39-16-4-17-39)26-18-23(10-13-27(26)34)21-6-8-22(9-7-21)31(41)42/h3,5,10-13,15,18,20-22,29,32,43H,4,6-9,14,16-17,19H2,1-2H3,(H,41,42). The highest BCUT2D eigenvalue weighted by Crippen LogP contribution is 2.41. The molecular formula is C33H39ClF3N3O4. The van der Waals surface area contributed by atoms with Gasteiger partial charge in [0, 0.05) is 41.8 Å². The van der Waals surface area contributed by atoms with Gasteiger partial charge < -0.3 is 19.8 Å². The first-order valence-electron chi connectivity index (χ1n) is 15.2. The minimum absolute atomic E-state index is 0.0139. The van der Waals surface area contributed by atoms with Gasteiger partial charge in [-0.05, 0) is 88.1 Å². The predicted molar refractivity (Wildman–Crippen MR) is 163 cm³/mol. The molecule has 0 amide bonds. The largest absolute Gasteiger partial charge is 0.481 e. The van der Waals surface area contributed by atoms with Crippen molar-refractivity contribution in [3.63, 3.8) is 0 Å². The van der Waals surface area contributed by atoms with Gasteiger partial charge in [0.15, 0.2) is 0 Å². The monoisotopic (exact) mass is 633 g/mol. The first-order chi connectivity index (χ1) is 21.0. The molecule has 1 saturated carbocycles. The first kappa shape index (κ1) is 32.5. The summed E-state index contributed by atoms with van der Waals surface area (Å²) in [5.74, 6) is 0.00112. The summed E-state index contributed by atoms with van der Waals surface area (Å²) in [6.45, 7) is 5.36. The SMILES string of the molecule is CC=CC(=CCC1OC(O)N(Cc2nc(N3CCC3)ccc2-c2cc(C3CCC(C(=O)O)CC3)ccc2Cl)C1C)C(F)(F)F. The predicted octanol–water partition coefficient (Wildman–Crippen LogP) is 7.29. The van der Waals surface area contributed by atoms with Crippen LogP contribution in [0.15, 0.2) is 54.1 Å². The summed E-state index contributed by atoms with van der Waals surface area (Å²) < 4.78 is 46.0. The molecule has 238 valence electrons. The number of carboxylic acids is 1. The number of carboxylic acid groups (broad SMARTS) is 1. The van der Waals surface area contributed by atoms with Crippen molar-refractivity contribution >= 4 is 23.4 Å². The number of ether oxygens (including phenoxy) is 1. The fourth-order valence-electron chi connectivity index (χ4n) is 6.37. The van der Waals surface area contributed by atoms with Crippen LogP contribution >= 0.6 is 11.6 Å². The van der Waals surface area contributed by atoms with E-state index >= 15 is 0 Å². The Morgan fingerprint density at radius 3 is 2.48 bits per heavy atom. The normalized spacial score (nSPS) is 26.8. The van der Waals surface area contributed by atoms with E-state index in [1.165, 1.54) is 13.0 Å². The summed E-state index contributed by atoms with van der Waals surface area (Å²) >= 11 is 6.77. The van der Waals surface area contributed by atoms with Crippen LogP contribution in [-0.4, -0.2) is 63.9 Å². The number of nitrogens with zero attached hydrogens (tertiary/aromatic N) is 3. The summed E-state index contributed by atoms with van der Waals surface area (Å²) in [5, 5.41) is 20.8. The van der Waals surface area contributed by atoms with Crippen LogP contribution in [0.3, 0.4) is 0 Å². The highest BCUT2D eigenvalue weighted by molar-refractivity contribution is 6.33. The van der Waals surface area contributed by atoms with Crippen molar-refractivity contribution in [1.29, 1.82) is 0 Å².